The Morgan fingerprint density at radius 3 is 2.42 bits per heavy atom. The van der Waals surface area contributed by atoms with Crippen LogP contribution in [0.25, 0.3) is 0 Å². The summed E-state index contributed by atoms with van der Waals surface area (Å²) >= 11 is 11.9. The average molecular weight is 303 g/mol. The van der Waals surface area contributed by atoms with Crippen LogP contribution in [0, 0.1) is 0 Å². The highest BCUT2D eigenvalue weighted by Gasteiger charge is 2.11. The fourth-order valence-electron chi connectivity index (χ4n) is 1.89. The average Bonchev–Trinajstić information content (AvgIpc) is 2.34. The first-order chi connectivity index (χ1) is 9.06. The molecule has 0 spiro atoms. The Labute approximate surface area is 124 Å². The summed E-state index contributed by atoms with van der Waals surface area (Å²) in [6.07, 6.45) is 2.07. The predicted octanol–water partition coefficient (Wildman–Crippen LogP) is 4.05. The van der Waals surface area contributed by atoms with E-state index in [0.717, 1.165) is 25.9 Å². The summed E-state index contributed by atoms with van der Waals surface area (Å²) in [6.45, 7) is 6.43. The predicted molar refractivity (Wildman–Crippen MR) is 82.1 cm³/mol. The molecule has 1 aromatic rings. The van der Waals surface area contributed by atoms with Gasteiger partial charge in [0.2, 0.25) is 5.91 Å². The van der Waals surface area contributed by atoms with E-state index >= 15 is 0 Å². The van der Waals surface area contributed by atoms with Crippen LogP contribution in [0.1, 0.15) is 26.7 Å². The minimum Gasteiger partial charge on any atom is -0.324 e. The second-order valence-electron chi connectivity index (χ2n) is 4.45. The van der Waals surface area contributed by atoms with Crippen molar-refractivity contribution >= 4 is 34.8 Å². The zero-order valence-corrected chi connectivity index (χ0v) is 12.9. The molecule has 0 fully saturated rings. The smallest absolute Gasteiger partial charge is 0.238 e. The van der Waals surface area contributed by atoms with E-state index in [1.54, 1.807) is 18.2 Å². The van der Waals surface area contributed by atoms with Crippen molar-refractivity contribution in [2.24, 2.45) is 0 Å². The number of hydrogen-bond donors (Lipinski definition) is 1. The standard InChI is InChI=1S/C14H20Cl2N2O/c1-3-7-18(8-4-2)10-14(19)17-13-9-11(15)5-6-12(13)16/h5-6,9H,3-4,7-8,10H2,1-2H3,(H,17,19). The van der Waals surface area contributed by atoms with Crippen molar-refractivity contribution in [2.75, 3.05) is 25.0 Å². The van der Waals surface area contributed by atoms with Gasteiger partial charge in [0, 0.05) is 5.02 Å². The van der Waals surface area contributed by atoms with Gasteiger partial charge < -0.3 is 5.32 Å². The minimum atomic E-state index is -0.0638. The third kappa shape index (κ3) is 5.81. The molecular formula is C14H20Cl2N2O. The van der Waals surface area contributed by atoms with Crippen LogP contribution in [0.2, 0.25) is 10.0 Å². The fraction of sp³-hybridized carbons (Fsp3) is 0.500. The Bertz CT molecular complexity index is 418. The van der Waals surface area contributed by atoms with E-state index in [0.29, 0.717) is 22.3 Å². The van der Waals surface area contributed by atoms with Crippen molar-refractivity contribution in [1.82, 2.24) is 4.90 Å². The molecule has 1 aromatic carbocycles. The highest BCUT2D eigenvalue weighted by Crippen LogP contribution is 2.25. The molecule has 19 heavy (non-hydrogen) atoms. The largest absolute Gasteiger partial charge is 0.324 e. The highest BCUT2D eigenvalue weighted by molar-refractivity contribution is 6.35. The molecule has 1 rings (SSSR count). The number of carbonyl (C=O) groups excluding carboxylic acids is 1. The first-order valence-electron chi connectivity index (χ1n) is 6.54. The van der Waals surface area contributed by atoms with E-state index in [1.807, 2.05) is 0 Å². The number of hydrogen-bond acceptors (Lipinski definition) is 2. The summed E-state index contributed by atoms with van der Waals surface area (Å²) in [5, 5.41) is 3.85. The summed E-state index contributed by atoms with van der Waals surface area (Å²) < 4.78 is 0. The van der Waals surface area contributed by atoms with Crippen molar-refractivity contribution in [3.63, 3.8) is 0 Å². The van der Waals surface area contributed by atoms with Crippen molar-refractivity contribution < 1.29 is 4.79 Å². The third-order valence-electron chi connectivity index (χ3n) is 2.65. The number of halogens is 2. The van der Waals surface area contributed by atoms with Crippen LogP contribution in [0.4, 0.5) is 5.69 Å². The Hall–Kier alpha value is -0.770. The molecule has 5 heteroatoms. The monoisotopic (exact) mass is 302 g/mol. The lowest BCUT2D eigenvalue weighted by atomic mass is 10.3. The van der Waals surface area contributed by atoms with Gasteiger partial charge in [0.1, 0.15) is 0 Å². The molecule has 0 radical (unpaired) electrons. The van der Waals surface area contributed by atoms with Gasteiger partial charge in [-0.15, -0.1) is 0 Å². The maximum atomic E-state index is 12.0. The SMILES string of the molecule is CCCN(CCC)CC(=O)Nc1cc(Cl)ccc1Cl. The minimum absolute atomic E-state index is 0.0638. The maximum absolute atomic E-state index is 12.0. The fourth-order valence-corrected chi connectivity index (χ4v) is 2.23. The lowest BCUT2D eigenvalue weighted by molar-refractivity contribution is -0.117. The van der Waals surface area contributed by atoms with Gasteiger partial charge in [0.15, 0.2) is 0 Å². The van der Waals surface area contributed by atoms with Gasteiger partial charge in [-0.3, -0.25) is 9.69 Å². The molecule has 3 nitrogen and oxygen atoms in total. The summed E-state index contributed by atoms with van der Waals surface area (Å²) in [5.74, 6) is -0.0638. The number of rotatable bonds is 7. The quantitative estimate of drug-likeness (QED) is 0.824. The van der Waals surface area contributed by atoms with Crippen LogP contribution in [-0.4, -0.2) is 30.4 Å². The maximum Gasteiger partial charge on any atom is 0.238 e. The van der Waals surface area contributed by atoms with E-state index in [2.05, 4.69) is 24.1 Å². The van der Waals surface area contributed by atoms with Gasteiger partial charge in [-0.05, 0) is 44.1 Å². The number of amides is 1. The number of carbonyl (C=O) groups is 1. The van der Waals surface area contributed by atoms with Crippen molar-refractivity contribution in [2.45, 2.75) is 26.7 Å². The van der Waals surface area contributed by atoms with Crippen LogP contribution in [-0.2, 0) is 4.79 Å². The Morgan fingerprint density at radius 1 is 1.21 bits per heavy atom. The van der Waals surface area contributed by atoms with E-state index in [1.165, 1.54) is 0 Å². The van der Waals surface area contributed by atoms with Crippen LogP contribution >= 0.6 is 23.2 Å². The number of nitrogens with one attached hydrogen (secondary N) is 1. The first-order valence-corrected chi connectivity index (χ1v) is 7.29. The van der Waals surface area contributed by atoms with Gasteiger partial charge in [0.25, 0.3) is 0 Å². The Kier molecular flexibility index (Phi) is 7.21. The number of nitrogens with zero attached hydrogens (tertiary/aromatic N) is 1. The van der Waals surface area contributed by atoms with E-state index < -0.39 is 0 Å². The number of benzene rings is 1. The second kappa shape index (κ2) is 8.41. The second-order valence-corrected chi connectivity index (χ2v) is 5.29. The molecule has 0 saturated carbocycles. The third-order valence-corrected chi connectivity index (χ3v) is 3.21. The summed E-state index contributed by atoms with van der Waals surface area (Å²) in [5.41, 5.74) is 0.562. The molecule has 0 saturated heterocycles. The van der Waals surface area contributed by atoms with Gasteiger partial charge in [-0.1, -0.05) is 37.0 Å². The van der Waals surface area contributed by atoms with E-state index in [4.69, 9.17) is 23.2 Å². The molecule has 0 aromatic heterocycles. The molecule has 0 aliphatic heterocycles. The molecule has 106 valence electrons. The van der Waals surface area contributed by atoms with E-state index in [9.17, 15) is 4.79 Å². The van der Waals surface area contributed by atoms with Gasteiger partial charge in [-0.2, -0.15) is 0 Å². The summed E-state index contributed by atoms with van der Waals surface area (Å²) in [4.78, 5) is 14.1. The van der Waals surface area contributed by atoms with Crippen molar-refractivity contribution in [3.8, 4) is 0 Å². The van der Waals surface area contributed by atoms with Gasteiger partial charge >= 0.3 is 0 Å². The zero-order valence-electron chi connectivity index (χ0n) is 11.4. The van der Waals surface area contributed by atoms with Crippen molar-refractivity contribution in [3.05, 3.63) is 28.2 Å². The molecule has 1 N–H and O–H groups in total. The molecule has 0 aliphatic carbocycles. The topological polar surface area (TPSA) is 32.3 Å². The molecule has 0 atom stereocenters. The highest BCUT2D eigenvalue weighted by atomic mass is 35.5. The summed E-state index contributed by atoms with van der Waals surface area (Å²) in [7, 11) is 0. The molecule has 0 aliphatic rings. The first kappa shape index (κ1) is 16.3. The van der Waals surface area contributed by atoms with Crippen LogP contribution in [0.15, 0.2) is 18.2 Å². The molecule has 0 bridgehead atoms. The molecular weight excluding hydrogens is 283 g/mol. The zero-order chi connectivity index (χ0) is 14.3. The van der Waals surface area contributed by atoms with Gasteiger partial charge in [-0.25, -0.2) is 0 Å². The Morgan fingerprint density at radius 2 is 1.84 bits per heavy atom. The Balaban J connectivity index is 2.60. The van der Waals surface area contributed by atoms with Crippen LogP contribution < -0.4 is 5.32 Å². The lowest BCUT2D eigenvalue weighted by Gasteiger charge is -2.20. The number of anilines is 1. The van der Waals surface area contributed by atoms with Crippen LogP contribution in [0.3, 0.4) is 0 Å². The molecule has 0 unspecified atom stereocenters. The summed E-state index contributed by atoms with van der Waals surface area (Å²) in [6, 6.07) is 5.03. The molecule has 0 heterocycles. The van der Waals surface area contributed by atoms with Gasteiger partial charge in [0.05, 0.1) is 17.3 Å². The van der Waals surface area contributed by atoms with Crippen molar-refractivity contribution in [1.29, 1.82) is 0 Å². The van der Waals surface area contributed by atoms with E-state index in [-0.39, 0.29) is 5.91 Å². The molecule has 1 amide bonds. The normalized spacial score (nSPS) is 10.8. The van der Waals surface area contributed by atoms with Crippen LogP contribution in [0.5, 0.6) is 0 Å². The lowest BCUT2D eigenvalue weighted by Crippen LogP contribution is -2.34.